The Morgan fingerprint density at radius 3 is 2.39 bits per heavy atom. The third-order valence-corrected chi connectivity index (χ3v) is 4.70. The van der Waals surface area contributed by atoms with E-state index in [1.54, 1.807) is 42.5 Å². The minimum absolute atomic E-state index is 0.0559. The van der Waals surface area contributed by atoms with Gasteiger partial charge in [-0.1, -0.05) is 23.2 Å². The average Bonchev–Trinajstić information content (AvgIpc) is 3.18. The number of anilines is 2. The minimum atomic E-state index is -0.230. The van der Waals surface area contributed by atoms with Crippen molar-refractivity contribution in [2.24, 2.45) is 0 Å². The summed E-state index contributed by atoms with van der Waals surface area (Å²) in [6.07, 6.45) is 2.11. The number of nitrogens with one attached hydrogen (secondary N) is 3. The van der Waals surface area contributed by atoms with Crippen LogP contribution in [-0.2, 0) is 9.53 Å². The van der Waals surface area contributed by atoms with E-state index in [9.17, 15) is 9.59 Å². The van der Waals surface area contributed by atoms with E-state index in [2.05, 4.69) is 16.0 Å². The van der Waals surface area contributed by atoms with Crippen molar-refractivity contribution in [2.45, 2.75) is 18.9 Å². The van der Waals surface area contributed by atoms with E-state index in [4.69, 9.17) is 27.9 Å². The highest BCUT2D eigenvalue weighted by Crippen LogP contribution is 2.22. The molecule has 0 saturated carbocycles. The van der Waals surface area contributed by atoms with Crippen molar-refractivity contribution >= 4 is 46.4 Å². The minimum Gasteiger partial charge on any atom is -0.376 e. The largest absolute Gasteiger partial charge is 0.376 e. The van der Waals surface area contributed by atoms with Gasteiger partial charge in [-0.25, -0.2) is 0 Å². The lowest BCUT2D eigenvalue weighted by Gasteiger charge is -2.11. The predicted octanol–water partition coefficient (Wildman–Crippen LogP) is 3.95. The Bertz CT molecular complexity index is 817. The predicted molar refractivity (Wildman–Crippen MR) is 111 cm³/mol. The van der Waals surface area contributed by atoms with Crippen molar-refractivity contribution in [3.63, 3.8) is 0 Å². The van der Waals surface area contributed by atoms with Crippen molar-refractivity contribution in [3.8, 4) is 0 Å². The summed E-state index contributed by atoms with van der Waals surface area (Å²) in [5.41, 5.74) is 1.79. The van der Waals surface area contributed by atoms with Crippen LogP contribution in [0.25, 0.3) is 0 Å². The first-order valence-electron chi connectivity index (χ1n) is 8.99. The quantitative estimate of drug-likeness (QED) is 0.631. The fourth-order valence-corrected chi connectivity index (χ4v) is 3.39. The maximum Gasteiger partial charge on any atom is 0.251 e. The zero-order valence-electron chi connectivity index (χ0n) is 15.1. The van der Waals surface area contributed by atoms with Gasteiger partial charge in [-0.15, -0.1) is 0 Å². The molecule has 0 aliphatic carbocycles. The van der Waals surface area contributed by atoms with Gasteiger partial charge in [0.15, 0.2) is 0 Å². The van der Waals surface area contributed by atoms with Crippen LogP contribution < -0.4 is 16.0 Å². The van der Waals surface area contributed by atoms with Gasteiger partial charge < -0.3 is 20.7 Å². The monoisotopic (exact) mass is 421 g/mol. The first-order chi connectivity index (χ1) is 13.5. The first-order valence-corrected chi connectivity index (χ1v) is 9.75. The Balaban J connectivity index is 1.46. The lowest BCUT2D eigenvalue weighted by molar-refractivity contribution is -0.114. The molecule has 6 nitrogen and oxygen atoms in total. The number of ether oxygens (including phenoxy) is 1. The number of carbonyl (C=O) groups is 2. The van der Waals surface area contributed by atoms with Crippen LogP contribution in [0.15, 0.2) is 42.5 Å². The highest BCUT2D eigenvalue weighted by molar-refractivity contribution is 6.35. The number of amides is 2. The molecule has 1 atom stereocenters. The van der Waals surface area contributed by atoms with Gasteiger partial charge in [-0.05, 0) is 55.3 Å². The van der Waals surface area contributed by atoms with Gasteiger partial charge >= 0.3 is 0 Å². The van der Waals surface area contributed by atoms with E-state index < -0.39 is 0 Å². The van der Waals surface area contributed by atoms with E-state index >= 15 is 0 Å². The van der Waals surface area contributed by atoms with Crippen LogP contribution in [-0.4, -0.2) is 37.6 Å². The summed E-state index contributed by atoms with van der Waals surface area (Å²) >= 11 is 11.9. The summed E-state index contributed by atoms with van der Waals surface area (Å²) < 4.78 is 5.49. The molecule has 1 aliphatic rings. The van der Waals surface area contributed by atoms with Gasteiger partial charge in [0.1, 0.15) is 0 Å². The third kappa shape index (κ3) is 6.12. The molecule has 0 spiro atoms. The molecule has 1 saturated heterocycles. The van der Waals surface area contributed by atoms with Crippen molar-refractivity contribution in [2.75, 3.05) is 30.3 Å². The summed E-state index contributed by atoms with van der Waals surface area (Å²) in [4.78, 5) is 24.3. The Morgan fingerprint density at radius 2 is 1.75 bits per heavy atom. The van der Waals surface area contributed by atoms with Crippen LogP contribution in [0.1, 0.15) is 23.2 Å². The van der Waals surface area contributed by atoms with Crippen molar-refractivity contribution < 1.29 is 14.3 Å². The van der Waals surface area contributed by atoms with Crippen molar-refractivity contribution in [1.82, 2.24) is 5.32 Å². The standard InChI is InChI=1S/C20H21Cl2N3O3/c21-14-8-15(22)10-17(9-14)23-12-19(26)25-16-5-3-13(4-6-16)20(27)24-11-18-2-1-7-28-18/h3-6,8-10,18,23H,1-2,7,11-12H2,(H,24,27)(H,25,26). The lowest BCUT2D eigenvalue weighted by atomic mass is 10.2. The molecule has 0 bridgehead atoms. The molecule has 3 N–H and O–H groups in total. The molecule has 1 fully saturated rings. The number of carbonyl (C=O) groups excluding carboxylic acids is 2. The third-order valence-electron chi connectivity index (χ3n) is 4.26. The van der Waals surface area contributed by atoms with Crippen molar-refractivity contribution in [1.29, 1.82) is 0 Å². The zero-order valence-corrected chi connectivity index (χ0v) is 16.6. The van der Waals surface area contributed by atoms with Gasteiger partial charge in [0.05, 0.1) is 12.6 Å². The fraction of sp³-hybridized carbons (Fsp3) is 0.300. The highest BCUT2D eigenvalue weighted by atomic mass is 35.5. The molecule has 1 unspecified atom stereocenters. The summed E-state index contributed by atoms with van der Waals surface area (Å²) in [6, 6.07) is 11.7. The van der Waals surface area contributed by atoms with E-state index in [1.165, 1.54) is 0 Å². The van der Waals surface area contributed by atoms with Crippen LogP contribution in [0.5, 0.6) is 0 Å². The number of hydrogen-bond donors (Lipinski definition) is 3. The maximum atomic E-state index is 12.2. The summed E-state index contributed by atoms with van der Waals surface area (Å²) in [5, 5.41) is 9.57. The first kappa shape index (κ1) is 20.5. The molecule has 8 heteroatoms. The van der Waals surface area contributed by atoms with E-state index in [1.807, 2.05) is 0 Å². The van der Waals surface area contributed by atoms with Gasteiger partial charge in [-0.2, -0.15) is 0 Å². The van der Waals surface area contributed by atoms with E-state index in [0.29, 0.717) is 33.5 Å². The van der Waals surface area contributed by atoms with E-state index in [-0.39, 0.29) is 24.5 Å². The van der Waals surface area contributed by atoms with Gasteiger partial charge in [0.2, 0.25) is 5.91 Å². The molecule has 3 rings (SSSR count). The van der Waals surface area contributed by atoms with Crippen LogP contribution in [0, 0.1) is 0 Å². The number of rotatable bonds is 7. The Morgan fingerprint density at radius 1 is 1.04 bits per heavy atom. The van der Waals surface area contributed by atoms with E-state index in [0.717, 1.165) is 19.4 Å². The number of hydrogen-bond acceptors (Lipinski definition) is 4. The van der Waals surface area contributed by atoms with Crippen molar-refractivity contribution in [3.05, 3.63) is 58.1 Å². The van der Waals surface area contributed by atoms with Crippen LogP contribution in [0.4, 0.5) is 11.4 Å². The Kier molecular flexibility index (Phi) is 7.14. The normalized spacial score (nSPS) is 15.9. The summed E-state index contributed by atoms with van der Waals surface area (Å²) in [5.74, 6) is -0.389. The SMILES string of the molecule is O=C(CNc1cc(Cl)cc(Cl)c1)Nc1ccc(C(=O)NCC2CCCO2)cc1. The fourth-order valence-electron chi connectivity index (χ4n) is 2.86. The summed E-state index contributed by atoms with van der Waals surface area (Å²) in [7, 11) is 0. The molecule has 0 aromatic heterocycles. The van der Waals surface area contributed by atoms with Gasteiger partial charge in [0, 0.05) is 40.1 Å². The summed E-state index contributed by atoms with van der Waals surface area (Å²) in [6.45, 7) is 1.32. The molecule has 1 aliphatic heterocycles. The van der Waals surface area contributed by atoms with Crippen LogP contribution in [0.3, 0.4) is 0 Å². The molecule has 148 valence electrons. The molecule has 1 heterocycles. The molecule has 28 heavy (non-hydrogen) atoms. The second kappa shape index (κ2) is 9.78. The molecular formula is C20H21Cl2N3O3. The zero-order chi connectivity index (χ0) is 19.9. The average molecular weight is 422 g/mol. The second-order valence-electron chi connectivity index (χ2n) is 6.48. The molecular weight excluding hydrogens is 401 g/mol. The topological polar surface area (TPSA) is 79.5 Å². The van der Waals surface area contributed by atoms with Crippen LogP contribution >= 0.6 is 23.2 Å². The highest BCUT2D eigenvalue weighted by Gasteiger charge is 2.16. The second-order valence-corrected chi connectivity index (χ2v) is 7.36. The number of halogens is 2. The Labute approximate surface area is 173 Å². The smallest absolute Gasteiger partial charge is 0.251 e. The molecule has 2 aromatic rings. The lowest BCUT2D eigenvalue weighted by Crippen LogP contribution is -2.31. The molecule has 2 amide bonds. The van der Waals surface area contributed by atoms with Gasteiger partial charge in [-0.3, -0.25) is 9.59 Å². The number of benzene rings is 2. The molecule has 2 aromatic carbocycles. The van der Waals surface area contributed by atoms with Crippen LogP contribution in [0.2, 0.25) is 10.0 Å². The maximum absolute atomic E-state index is 12.2. The molecule has 0 radical (unpaired) electrons. The Hall–Kier alpha value is -2.28. The van der Waals surface area contributed by atoms with Gasteiger partial charge in [0.25, 0.3) is 5.91 Å².